The van der Waals surface area contributed by atoms with Gasteiger partial charge in [-0.05, 0) is 54.4 Å². The third kappa shape index (κ3) is 5.28. The lowest BCUT2D eigenvalue weighted by atomic mass is 9.95. The van der Waals surface area contributed by atoms with Crippen LogP contribution in [0.2, 0.25) is 0 Å². The molecular weight excluding hydrogens is 500 g/mol. The first-order valence-corrected chi connectivity index (χ1v) is 12.2. The molecule has 4 aromatic rings. The van der Waals surface area contributed by atoms with E-state index in [4.69, 9.17) is 9.15 Å². The van der Waals surface area contributed by atoms with Gasteiger partial charge in [0, 0.05) is 17.7 Å². The Morgan fingerprint density at radius 2 is 1.79 bits per heavy atom. The van der Waals surface area contributed by atoms with Crippen LogP contribution in [0.3, 0.4) is 0 Å². The topological polar surface area (TPSA) is 123 Å². The zero-order valence-electron chi connectivity index (χ0n) is 20.9. The number of ether oxygens (including phenoxy) is 1. The van der Waals surface area contributed by atoms with Crippen LogP contribution in [0, 0.1) is 17.0 Å². The second kappa shape index (κ2) is 10.7. The Morgan fingerprint density at radius 3 is 2.49 bits per heavy atom. The molecule has 0 aliphatic carbocycles. The Balaban J connectivity index is 1.49. The molecule has 3 aromatic carbocycles. The van der Waals surface area contributed by atoms with Gasteiger partial charge in [0.15, 0.2) is 0 Å². The number of nitro benzene ring substituents is 1. The first-order valence-electron chi connectivity index (χ1n) is 12.2. The number of aliphatic hydroxyl groups excluding tert-OH is 1. The number of rotatable bonds is 8. The number of carbonyl (C=O) groups is 2. The average Bonchev–Trinajstić information content (AvgIpc) is 3.54. The van der Waals surface area contributed by atoms with Gasteiger partial charge in [-0.15, -0.1) is 0 Å². The fraction of sp³-hybridized carbons (Fsp3) is 0.133. The lowest BCUT2D eigenvalue weighted by Gasteiger charge is -2.24. The molecule has 1 amide bonds. The van der Waals surface area contributed by atoms with Crippen LogP contribution < -0.4 is 4.74 Å². The maximum Gasteiger partial charge on any atom is 0.296 e. The van der Waals surface area contributed by atoms with E-state index in [2.05, 4.69) is 0 Å². The van der Waals surface area contributed by atoms with Gasteiger partial charge < -0.3 is 19.2 Å². The van der Waals surface area contributed by atoms with Crippen molar-refractivity contribution in [3.63, 3.8) is 0 Å². The van der Waals surface area contributed by atoms with E-state index >= 15 is 0 Å². The Morgan fingerprint density at radius 1 is 1.03 bits per heavy atom. The summed E-state index contributed by atoms with van der Waals surface area (Å²) in [5.74, 6) is -1.15. The van der Waals surface area contributed by atoms with Gasteiger partial charge in [0.05, 0.1) is 29.3 Å². The quantitative estimate of drug-likeness (QED) is 0.103. The van der Waals surface area contributed by atoms with Crippen LogP contribution in [0.5, 0.6) is 5.75 Å². The number of aryl methyl sites for hydroxylation is 1. The largest absolute Gasteiger partial charge is 0.507 e. The second-order valence-electron chi connectivity index (χ2n) is 9.16. The summed E-state index contributed by atoms with van der Waals surface area (Å²) in [4.78, 5) is 38.4. The van der Waals surface area contributed by atoms with Gasteiger partial charge in [-0.2, -0.15) is 0 Å². The maximum absolute atomic E-state index is 13.2. The Kier molecular flexibility index (Phi) is 6.96. The smallest absolute Gasteiger partial charge is 0.296 e. The zero-order chi connectivity index (χ0) is 27.5. The summed E-state index contributed by atoms with van der Waals surface area (Å²) in [6, 6.07) is 22.3. The molecule has 196 valence electrons. The summed E-state index contributed by atoms with van der Waals surface area (Å²) in [6.45, 7) is 2.30. The molecule has 0 saturated carbocycles. The number of carbonyl (C=O) groups excluding carboxylic acids is 2. The summed E-state index contributed by atoms with van der Waals surface area (Å²) in [5, 5.41) is 22.7. The molecule has 1 aliphatic heterocycles. The monoisotopic (exact) mass is 524 g/mol. The highest BCUT2D eigenvalue weighted by Crippen LogP contribution is 2.41. The Hall–Kier alpha value is -5.18. The van der Waals surface area contributed by atoms with Gasteiger partial charge in [0.25, 0.3) is 17.4 Å². The number of non-ortho nitro benzene ring substituents is 1. The summed E-state index contributed by atoms with van der Waals surface area (Å²) in [7, 11) is 0. The number of amides is 1. The Labute approximate surface area is 223 Å². The molecule has 9 nitrogen and oxygen atoms in total. The lowest BCUT2D eigenvalue weighted by Crippen LogP contribution is -2.29. The van der Waals surface area contributed by atoms with Crippen molar-refractivity contribution in [2.45, 2.75) is 26.1 Å². The van der Waals surface area contributed by atoms with Crippen LogP contribution in [0.1, 0.15) is 34.1 Å². The molecular formula is C30H24N2O7. The van der Waals surface area contributed by atoms with Crippen molar-refractivity contribution in [1.29, 1.82) is 0 Å². The standard InChI is InChI=1S/C30H24N2O7/c1-19-5-2-6-20(15-19)18-39-24-12-10-21(11-13-24)28(33)26-27(22-7-3-8-23(16-22)32(36)37)31(30(35)29(26)34)17-25-9-4-14-38-25/h2-16,27,33H,17-18H2,1H3/t27-/m0/s1. The molecule has 0 radical (unpaired) electrons. The first kappa shape index (κ1) is 25.5. The molecule has 0 unspecified atom stereocenters. The van der Waals surface area contributed by atoms with Crippen molar-refractivity contribution in [1.82, 2.24) is 4.90 Å². The molecule has 0 bridgehead atoms. The van der Waals surface area contributed by atoms with E-state index in [0.29, 0.717) is 29.2 Å². The number of nitro groups is 1. The van der Waals surface area contributed by atoms with Gasteiger partial charge in [-0.3, -0.25) is 19.7 Å². The summed E-state index contributed by atoms with van der Waals surface area (Å²) >= 11 is 0. The van der Waals surface area contributed by atoms with Gasteiger partial charge in [0.1, 0.15) is 23.9 Å². The van der Waals surface area contributed by atoms with Crippen molar-refractivity contribution >= 4 is 23.1 Å². The molecule has 2 heterocycles. The Bertz CT molecular complexity index is 1570. The van der Waals surface area contributed by atoms with Crippen LogP contribution >= 0.6 is 0 Å². The van der Waals surface area contributed by atoms with E-state index < -0.39 is 28.4 Å². The highest BCUT2D eigenvalue weighted by molar-refractivity contribution is 6.46. The maximum atomic E-state index is 13.2. The SMILES string of the molecule is Cc1cccc(COc2ccc(C(O)=C3C(=O)C(=O)N(Cc4ccco4)[C@H]3c3cccc([N+](=O)[O-])c3)cc2)c1. The van der Waals surface area contributed by atoms with Crippen molar-refractivity contribution in [3.05, 3.63) is 135 Å². The average molecular weight is 525 g/mol. The van der Waals surface area contributed by atoms with Gasteiger partial charge in [-0.1, -0.05) is 42.0 Å². The predicted molar refractivity (Wildman–Crippen MR) is 142 cm³/mol. The summed E-state index contributed by atoms with van der Waals surface area (Å²) < 4.78 is 11.2. The number of Topliss-reactive ketones (excluding diaryl/α,β-unsaturated/α-hetero) is 1. The van der Waals surface area contributed by atoms with Crippen molar-refractivity contribution in [2.75, 3.05) is 0 Å². The van der Waals surface area contributed by atoms with Crippen molar-refractivity contribution in [3.8, 4) is 5.75 Å². The minimum atomic E-state index is -1.06. The molecule has 1 aliphatic rings. The normalized spacial score (nSPS) is 16.4. The molecule has 0 spiro atoms. The fourth-order valence-electron chi connectivity index (χ4n) is 4.60. The van der Waals surface area contributed by atoms with Gasteiger partial charge in [0.2, 0.25) is 0 Å². The van der Waals surface area contributed by atoms with Gasteiger partial charge in [-0.25, -0.2) is 0 Å². The number of hydrogen-bond acceptors (Lipinski definition) is 7. The number of aliphatic hydroxyl groups is 1. The number of hydrogen-bond donors (Lipinski definition) is 1. The molecule has 1 atom stereocenters. The zero-order valence-corrected chi connectivity index (χ0v) is 20.9. The molecule has 5 rings (SSSR count). The summed E-state index contributed by atoms with van der Waals surface area (Å²) in [6.07, 6.45) is 1.44. The fourth-order valence-corrected chi connectivity index (χ4v) is 4.60. The van der Waals surface area contributed by atoms with Crippen LogP contribution in [-0.4, -0.2) is 26.6 Å². The molecule has 1 saturated heterocycles. The van der Waals surface area contributed by atoms with E-state index in [1.54, 1.807) is 42.5 Å². The van der Waals surface area contributed by atoms with Crippen LogP contribution in [0.4, 0.5) is 5.69 Å². The van der Waals surface area contributed by atoms with Crippen LogP contribution in [0.15, 0.2) is 101 Å². The number of furan rings is 1. The van der Waals surface area contributed by atoms with E-state index in [1.165, 1.54) is 29.4 Å². The predicted octanol–water partition coefficient (Wildman–Crippen LogP) is 5.70. The molecule has 1 aromatic heterocycles. The van der Waals surface area contributed by atoms with E-state index in [1.807, 2.05) is 31.2 Å². The highest BCUT2D eigenvalue weighted by Gasteiger charge is 2.46. The second-order valence-corrected chi connectivity index (χ2v) is 9.16. The molecule has 1 N–H and O–H groups in total. The lowest BCUT2D eigenvalue weighted by molar-refractivity contribution is -0.384. The van der Waals surface area contributed by atoms with Crippen molar-refractivity contribution in [2.24, 2.45) is 0 Å². The minimum Gasteiger partial charge on any atom is -0.507 e. The van der Waals surface area contributed by atoms with Gasteiger partial charge >= 0.3 is 0 Å². The van der Waals surface area contributed by atoms with Crippen molar-refractivity contribution < 1.29 is 28.8 Å². The molecule has 9 heteroatoms. The third-order valence-electron chi connectivity index (χ3n) is 6.46. The van der Waals surface area contributed by atoms with Crippen LogP contribution in [0.25, 0.3) is 5.76 Å². The minimum absolute atomic E-state index is 0.0621. The number of nitrogens with zero attached hydrogens (tertiary/aromatic N) is 2. The van der Waals surface area contributed by atoms with Crippen LogP contribution in [-0.2, 0) is 22.7 Å². The number of likely N-dealkylation sites (tertiary alicyclic amines) is 1. The van der Waals surface area contributed by atoms with E-state index in [-0.39, 0.29) is 17.8 Å². The number of benzene rings is 3. The van der Waals surface area contributed by atoms with E-state index in [9.17, 15) is 24.8 Å². The third-order valence-corrected chi connectivity index (χ3v) is 6.46. The first-order chi connectivity index (χ1) is 18.8. The molecule has 39 heavy (non-hydrogen) atoms. The molecule has 1 fully saturated rings. The summed E-state index contributed by atoms with van der Waals surface area (Å²) in [5.41, 5.74) is 2.37. The number of ketones is 1. The van der Waals surface area contributed by atoms with E-state index in [0.717, 1.165) is 11.1 Å². The highest BCUT2D eigenvalue weighted by atomic mass is 16.6.